The largest absolute Gasteiger partial charge is 0.451 e. The molecule has 2 aromatic carbocycles. The number of hydrogen-bond donors (Lipinski definition) is 1. The number of rotatable bonds is 4. The first-order valence-corrected chi connectivity index (χ1v) is 7.13. The second kappa shape index (κ2) is 6.04. The van der Waals surface area contributed by atoms with Gasteiger partial charge in [-0.25, -0.2) is 9.18 Å². The fourth-order valence-corrected chi connectivity index (χ4v) is 2.39. The molecule has 116 valence electrons. The van der Waals surface area contributed by atoms with Crippen LogP contribution < -0.4 is 0 Å². The molecule has 0 aliphatic rings. The van der Waals surface area contributed by atoms with Crippen molar-refractivity contribution < 1.29 is 18.7 Å². The molecule has 3 rings (SSSR count). The van der Waals surface area contributed by atoms with Crippen LogP contribution in [0.1, 0.15) is 27.6 Å². The number of hydrogen-bond acceptors (Lipinski definition) is 3. The highest BCUT2D eigenvalue weighted by molar-refractivity contribution is 6.10. The average Bonchev–Trinajstić information content (AvgIpc) is 2.98. The van der Waals surface area contributed by atoms with Gasteiger partial charge in [0, 0.05) is 22.7 Å². The van der Waals surface area contributed by atoms with E-state index < -0.39 is 17.9 Å². The van der Waals surface area contributed by atoms with Gasteiger partial charge in [0.2, 0.25) is 5.78 Å². The molecule has 0 saturated carbocycles. The van der Waals surface area contributed by atoms with E-state index in [0.29, 0.717) is 5.56 Å². The van der Waals surface area contributed by atoms with Crippen molar-refractivity contribution in [3.63, 3.8) is 0 Å². The van der Waals surface area contributed by atoms with E-state index in [1.54, 1.807) is 6.20 Å². The number of carbonyl (C=O) groups is 2. The molecular formula is C18H14FNO3. The fourth-order valence-electron chi connectivity index (χ4n) is 2.39. The Morgan fingerprint density at radius 2 is 1.91 bits per heavy atom. The second-order valence-electron chi connectivity index (χ2n) is 5.17. The molecule has 0 aliphatic heterocycles. The van der Waals surface area contributed by atoms with Gasteiger partial charge in [0.25, 0.3) is 0 Å². The van der Waals surface area contributed by atoms with Crippen LogP contribution in [-0.4, -0.2) is 22.8 Å². The van der Waals surface area contributed by atoms with E-state index in [9.17, 15) is 14.0 Å². The molecule has 0 saturated heterocycles. The number of H-pyrrole nitrogens is 1. The van der Waals surface area contributed by atoms with Crippen LogP contribution in [-0.2, 0) is 4.74 Å². The summed E-state index contributed by atoms with van der Waals surface area (Å²) in [5.41, 5.74) is 1.36. The number of ketones is 1. The minimum Gasteiger partial charge on any atom is -0.451 e. The molecule has 1 atom stereocenters. The van der Waals surface area contributed by atoms with E-state index in [0.717, 1.165) is 17.0 Å². The Labute approximate surface area is 131 Å². The maximum atomic E-state index is 13.1. The summed E-state index contributed by atoms with van der Waals surface area (Å²) in [7, 11) is 0. The Bertz CT molecular complexity index is 885. The lowest BCUT2D eigenvalue weighted by atomic mass is 10.1. The van der Waals surface area contributed by atoms with Crippen molar-refractivity contribution in [1.82, 2.24) is 4.98 Å². The van der Waals surface area contributed by atoms with Crippen molar-refractivity contribution >= 4 is 22.7 Å². The first-order chi connectivity index (χ1) is 11.1. The molecule has 1 aromatic heterocycles. The van der Waals surface area contributed by atoms with Gasteiger partial charge in [0.05, 0.1) is 5.56 Å². The van der Waals surface area contributed by atoms with Crippen molar-refractivity contribution in [3.05, 3.63) is 71.7 Å². The lowest BCUT2D eigenvalue weighted by Crippen LogP contribution is -2.24. The van der Waals surface area contributed by atoms with Gasteiger partial charge in [-0.15, -0.1) is 0 Å². The zero-order chi connectivity index (χ0) is 16.4. The summed E-state index contributed by atoms with van der Waals surface area (Å²) in [6.45, 7) is 1.50. The molecule has 3 aromatic rings. The van der Waals surface area contributed by atoms with Crippen molar-refractivity contribution in [3.8, 4) is 0 Å². The Kier molecular flexibility index (Phi) is 3.93. The summed E-state index contributed by atoms with van der Waals surface area (Å²) >= 11 is 0. The summed E-state index contributed by atoms with van der Waals surface area (Å²) in [6.07, 6.45) is 0.629. The van der Waals surface area contributed by atoms with Gasteiger partial charge >= 0.3 is 5.97 Å². The van der Waals surface area contributed by atoms with Gasteiger partial charge in [0.1, 0.15) is 5.82 Å². The molecular weight excluding hydrogens is 297 g/mol. The summed E-state index contributed by atoms with van der Waals surface area (Å²) < 4.78 is 18.3. The van der Waals surface area contributed by atoms with Crippen LogP contribution in [0, 0.1) is 5.82 Å². The zero-order valence-electron chi connectivity index (χ0n) is 12.4. The van der Waals surface area contributed by atoms with E-state index in [4.69, 9.17) is 4.74 Å². The standard InChI is InChI=1S/C18H14FNO3/c1-11(23-18(22)12-5-4-6-13(19)9-12)17(21)15-10-20-16-8-3-2-7-14(15)16/h2-11,20H,1H3/t11-/m1/s1. The lowest BCUT2D eigenvalue weighted by molar-refractivity contribution is 0.0319. The van der Waals surface area contributed by atoms with Gasteiger partial charge in [-0.2, -0.15) is 0 Å². The molecule has 23 heavy (non-hydrogen) atoms. The number of halogens is 1. The summed E-state index contributed by atoms with van der Waals surface area (Å²) in [5, 5.41) is 0.770. The Balaban J connectivity index is 1.79. The number of Topliss-reactive ketones (excluding diaryl/α,β-unsaturated/α-hetero) is 1. The van der Waals surface area contributed by atoms with Crippen LogP contribution in [0.2, 0.25) is 0 Å². The normalized spacial score (nSPS) is 12.1. The molecule has 0 aliphatic carbocycles. The van der Waals surface area contributed by atoms with E-state index in [1.165, 1.54) is 25.1 Å². The molecule has 0 amide bonds. The maximum absolute atomic E-state index is 13.1. The minimum absolute atomic E-state index is 0.0728. The van der Waals surface area contributed by atoms with Crippen LogP contribution in [0.15, 0.2) is 54.7 Å². The molecule has 5 heteroatoms. The van der Waals surface area contributed by atoms with Gasteiger partial charge < -0.3 is 9.72 Å². The van der Waals surface area contributed by atoms with Gasteiger partial charge in [-0.05, 0) is 31.2 Å². The number of nitrogens with one attached hydrogen (secondary N) is 1. The quantitative estimate of drug-likeness (QED) is 0.590. The average molecular weight is 311 g/mol. The van der Waals surface area contributed by atoms with E-state index in [1.807, 2.05) is 24.3 Å². The zero-order valence-corrected chi connectivity index (χ0v) is 12.4. The third kappa shape index (κ3) is 2.99. The topological polar surface area (TPSA) is 59.2 Å². The number of carbonyl (C=O) groups excluding carboxylic acids is 2. The minimum atomic E-state index is -0.968. The molecule has 1 heterocycles. The summed E-state index contributed by atoms with van der Waals surface area (Å²) in [6, 6.07) is 12.5. The lowest BCUT2D eigenvalue weighted by Gasteiger charge is -2.12. The molecule has 0 spiro atoms. The highest BCUT2D eigenvalue weighted by Gasteiger charge is 2.22. The molecule has 4 nitrogen and oxygen atoms in total. The van der Waals surface area contributed by atoms with Crippen LogP contribution >= 0.6 is 0 Å². The molecule has 0 bridgehead atoms. The number of esters is 1. The van der Waals surface area contributed by atoms with Crippen LogP contribution in [0.4, 0.5) is 4.39 Å². The Hall–Kier alpha value is -2.95. The van der Waals surface area contributed by atoms with E-state index in [2.05, 4.69) is 4.98 Å². The van der Waals surface area contributed by atoms with Crippen LogP contribution in [0.5, 0.6) is 0 Å². The number of benzene rings is 2. The molecule has 0 radical (unpaired) electrons. The molecule has 0 fully saturated rings. The van der Waals surface area contributed by atoms with Crippen LogP contribution in [0.3, 0.4) is 0 Å². The predicted molar refractivity (Wildman–Crippen MR) is 83.9 cm³/mol. The van der Waals surface area contributed by atoms with Crippen molar-refractivity contribution in [1.29, 1.82) is 0 Å². The smallest absolute Gasteiger partial charge is 0.338 e. The molecule has 0 unspecified atom stereocenters. The van der Waals surface area contributed by atoms with Gasteiger partial charge in [0.15, 0.2) is 6.10 Å². The third-order valence-corrected chi connectivity index (χ3v) is 3.57. The fraction of sp³-hybridized carbons (Fsp3) is 0.111. The van der Waals surface area contributed by atoms with Crippen molar-refractivity contribution in [2.45, 2.75) is 13.0 Å². The Morgan fingerprint density at radius 3 is 2.70 bits per heavy atom. The van der Waals surface area contributed by atoms with Crippen LogP contribution in [0.25, 0.3) is 10.9 Å². The first-order valence-electron chi connectivity index (χ1n) is 7.13. The highest BCUT2D eigenvalue weighted by Crippen LogP contribution is 2.20. The molecule has 1 N–H and O–H groups in total. The number of ether oxygens (including phenoxy) is 1. The monoisotopic (exact) mass is 311 g/mol. The van der Waals surface area contributed by atoms with Gasteiger partial charge in [-0.3, -0.25) is 4.79 Å². The number of para-hydroxylation sites is 1. The second-order valence-corrected chi connectivity index (χ2v) is 5.17. The third-order valence-electron chi connectivity index (χ3n) is 3.57. The SMILES string of the molecule is C[C@@H](OC(=O)c1cccc(F)c1)C(=O)c1c[nH]c2ccccc12. The highest BCUT2D eigenvalue weighted by atomic mass is 19.1. The predicted octanol–water partition coefficient (Wildman–Crippen LogP) is 3.74. The Morgan fingerprint density at radius 1 is 1.13 bits per heavy atom. The summed E-state index contributed by atoms with van der Waals surface area (Å²) in [4.78, 5) is 27.5. The number of aromatic amines is 1. The number of aromatic nitrogens is 1. The summed E-state index contributed by atoms with van der Waals surface area (Å²) in [5.74, 6) is -1.58. The van der Waals surface area contributed by atoms with E-state index in [-0.39, 0.29) is 11.3 Å². The first kappa shape index (κ1) is 15.0. The van der Waals surface area contributed by atoms with Crippen molar-refractivity contribution in [2.24, 2.45) is 0 Å². The number of fused-ring (bicyclic) bond motifs is 1. The maximum Gasteiger partial charge on any atom is 0.338 e. The van der Waals surface area contributed by atoms with Crippen molar-refractivity contribution in [2.75, 3.05) is 0 Å². The van der Waals surface area contributed by atoms with E-state index >= 15 is 0 Å². The van der Waals surface area contributed by atoms with Gasteiger partial charge in [-0.1, -0.05) is 24.3 Å².